The minimum atomic E-state index is 0.0948. The lowest BCUT2D eigenvalue weighted by molar-refractivity contribution is 0.480. The Kier molecular flexibility index (Phi) is 3.89. The Bertz CT molecular complexity index is 297. The zero-order valence-electron chi connectivity index (χ0n) is 9.14. The van der Waals surface area contributed by atoms with E-state index in [1.807, 2.05) is 36.0 Å². The third-order valence-electron chi connectivity index (χ3n) is 1.86. The van der Waals surface area contributed by atoms with Gasteiger partial charge >= 0.3 is 0 Å². The predicted molar refractivity (Wildman–Crippen MR) is 59.7 cm³/mol. The second-order valence-corrected chi connectivity index (χ2v) is 4.05. The Morgan fingerprint density at radius 1 is 1.50 bits per heavy atom. The highest BCUT2D eigenvalue weighted by Gasteiger charge is 2.01. The maximum Gasteiger partial charge on any atom is 0.0607 e. The van der Waals surface area contributed by atoms with Gasteiger partial charge in [0, 0.05) is 18.8 Å². The van der Waals surface area contributed by atoms with Crippen LogP contribution in [0.5, 0.6) is 0 Å². The summed E-state index contributed by atoms with van der Waals surface area (Å²) in [4.78, 5) is 0. The molecule has 78 valence electrons. The van der Waals surface area contributed by atoms with Gasteiger partial charge in [-0.25, -0.2) is 0 Å². The molecule has 0 spiro atoms. The Morgan fingerprint density at radius 3 is 2.79 bits per heavy atom. The maximum absolute atomic E-state index is 5.64. The van der Waals surface area contributed by atoms with Crippen molar-refractivity contribution in [2.45, 2.75) is 33.4 Å². The summed E-state index contributed by atoms with van der Waals surface area (Å²) < 4.78 is 2.00. The van der Waals surface area contributed by atoms with E-state index in [0.717, 1.165) is 12.2 Å². The van der Waals surface area contributed by atoms with E-state index in [0.29, 0.717) is 5.92 Å². The molecule has 14 heavy (non-hydrogen) atoms. The molecule has 1 atom stereocenters. The fourth-order valence-electron chi connectivity index (χ4n) is 1.23. The van der Waals surface area contributed by atoms with Gasteiger partial charge in [-0.1, -0.05) is 19.9 Å². The van der Waals surface area contributed by atoms with E-state index in [1.165, 1.54) is 0 Å². The zero-order chi connectivity index (χ0) is 10.6. The standard InChI is InChI=1S/C11H19N3/c1-9(2)8-14-11(6-7-13-14)5-4-10(3)12/h4-7,9-10H,8,12H2,1-3H3/b5-4+. The molecular weight excluding hydrogens is 174 g/mol. The fraction of sp³-hybridized carbons (Fsp3) is 0.545. The van der Waals surface area contributed by atoms with Crippen LogP contribution in [0.15, 0.2) is 18.3 Å². The van der Waals surface area contributed by atoms with E-state index in [-0.39, 0.29) is 6.04 Å². The van der Waals surface area contributed by atoms with Crippen LogP contribution in [-0.2, 0) is 6.54 Å². The lowest BCUT2D eigenvalue weighted by Gasteiger charge is -2.07. The van der Waals surface area contributed by atoms with Crippen molar-refractivity contribution in [3.05, 3.63) is 24.0 Å². The van der Waals surface area contributed by atoms with Crippen LogP contribution in [0.1, 0.15) is 26.5 Å². The molecule has 0 saturated heterocycles. The largest absolute Gasteiger partial charge is 0.325 e. The molecule has 0 aromatic carbocycles. The second-order valence-electron chi connectivity index (χ2n) is 4.05. The van der Waals surface area contributed by atoms with E-state index in [2.05, 4.69) is 18.9 Å². The molecule has 1 heterocycles. The van der Waals surface area contributed by atoms with Crippen LogP contribution >= 0.6 is 0 Å². The number of aromatic nitrogens is 2. The smallest absolute Gasteiger partial charge is 0.0607 e. The lowest BCUT2D eigenvalue weighted by atomic mass is 10.2. The van der Waals surface area contributed by atoms with Crippen molar-refractivity contribution >= 4 is 6.08 Å². The Hall–Kier alpha value is -1.09. The van der Waals surface area contributed by atoms with Crippen LogP contribution in [0.4, 0.5) is 0 Å². The molecule has 3 nitrogen and oxygen atoms in total. The van der Waals surface area contributed by atoms with Gasteiger partial charge in [0.25, 0.3) is 0 Å². The number of hydrogen-bond donors (Lipinski definition) is 1. The van der Waals surface area contributed by atoms with E-state index < -0.39 is 0 Å². The molecule has 1 rings (SSSR count). The molecule has 1 aromatic heterocycles. The second kappa shape index (κ2) is 4.96. The monoisotopic (exact) mass is 193 g/mol. The van der Waals surface area contributed by atoms with Gasteiger partial charge in [0.15, 0.2) is 0 Å². The van der Waals surface area contributed by atoms with Gasteiger partial charge in [0.2, 0.25) is 0 Å². The molecule has 0 fully saturated rings. The number of rotatable bonds is 4. The van der Waals surface area contributed by atoms with Crippen molar-refractivity contribution < 1.29 is 0 Å². The molecule has 0 saturated carbocycles. The lowest BCUT2D eigenvalue weighted by Crippen LogP contribution is -2.11. The Labute approximate surface area is 85.6 Å². The average Bonchev–Trinajstić information content (AvgIpc) is 2.47. The van der Waals surface area contributed by atoms with Crippen molar-refractivity contribution in [2.24, 2.45) is 11.7 Å². The quantitative estimate of drug-likeness (QED) is 0.793. The summed E-state index contributed by atoms with van der Waals surface area (Å²) in [5, 5.41) is 4.26. The summed E-state index contributed by atoms with van der Waals surface area (Å²) in [5.74, 6) is 0.609. The van der Waals surface area contributed by atoms with Crippen molar-refractivity contribution in [2.75, 3.05) is 0 Å². The maximum atomic E-state index is 5.64. The Morgan fingerprint density at radius 2 is 2.21 bits per heavy atom. The van der Waals surface area contributed by atoms with E-state index in [9.17, 15) is 0 Å². The third kappa shape index (κ3) is 3.34. The third-order valence-corrected chi connectivity index (χ3v) is 1.86. The van der Waals surface area contributed by atoms with Crippen molar-refractivity contribution in [3.63, 3.8) is 0 Å². The first-order valence-electron chi connectivity index (χ1n) is 5.05. The normalized spacial score (nSPS) is 14.1. The Balaban J connectivity index is 2.72. The highest BCUT2D eigenvalue weighted by molar-refractivity contribution is 5.45. The first-order valence-corrected chi connectivity index (χ1v) is 5.05. The highest BCUT2D eigenvalue weighted by atomic mass is 15.3. The van der Waals surface area contributed by atoms with Crippen LogP contribution < -0.4 is 5.73 Å². The van der Waals surface area contributed by atoms with Gasteiger partial charge in [0.1, 0.15) is 0 Å². The van der Waals surface area contributed by atoms with Crippen LogP contribution in [0.3, 0.4) is 0 Å². The van der Waals surface area contributed by atoms with Gasteiger partial charge in [-0.2, -0.15) is 5.10 Å². The summed E-state index contributed by atoms with van der Waals surface area (Å²) in [5.41, 5.74) is 6.77. The van der Waals surface area contributed by atoms with Gasteiger partial charge < -0.3 is 5.73 Å². The molecule has 0 aliphatic carbocycles. The number of nitrogens with zero attached hydrogens (tertiary/aromatic N) is 2. The molecule has 0 radical (unpaired) electrons. The van der Waals surface area contributed by atoms with Crippen LogP contribution in [0.2, 0.25) is 0 Å². The van der Waals surface area contributed by atoms with Crippen molar-refractivity contribution in [1.82, 2.24) is 9.78 Å². The summed E-state index contributed by atoms with van der Waals surface area (Å²) >= 11 is 0. The summed E-state index contributed by atoms with van der Waals surface area (Å²) in [6.07, 6.45) is 5.83. The first kappa shape index (κ1) is 11.0. The van der Waals surface area contributed by atoms with E-state index in [4.69, 9.17) is 5.73 Å². The fourth-order valence-corrected chi connectivity index (χ4v) is 1.23. The molecule has 0 aliphatic rings. The van der Waals surface area contributed by atoms with Gasteiger partial charge in [-0.15, -0.1) is 0 Å². The van der Waals surface area contributed by atoms with Gasteiger partial charge in [-0.05, 0) is 25.0 Å². The molecule has 0 aliphatic heterocycles. The topological polar surface area (TPSA) is 43.8 Å². The van der Waals surface area contributed by atoms with E-state index in [1.54, 1.807) is 0 Å². The number of hydrogen-bond acceptors (Lipinski definition) is 2. The summed E-state index contributed by atoms with van der Waals surface area (Å²) in [6, 6.07) is 2.10. The number of nitrogens with two attached hydrogens (primary N) is 1. The minimum absolute atomic E-state index is 0.0948. The van der Waals surface area contributed by atoms with Gasteiger partial charge in [0.05, 0.1) is 5.69 Å². The van der Waals surface area contributed by atoms with Crippen molar-refractivity contribution in [3.8, 4) is 0 Å². The molecule has 0 amide bonds. The average molecular weight is 193 g/mol. The minimum Gasteiger partial charge on any atom is -0.325 e. The van der Waals surface area contributed by atoms with Gasteiger partial charge in [-0.3, -0.25) is 4.68 Å². The van der Waals surface area contributed by atoms with Crippen LogP contribution in [-0.4, -0.2) is 15.8 Å². The molecule has 1 aromatic rings. The van der Waals surface area contributed by atoms with E-state index >= 15 is 0 Å². The van der Waals surface area contributed by atoms with Crippen LogP contribution in [0.25, 0.3) is 6.08 Å². The van der Waals surface area contributed by atoms with Crippen molar-refractivity contribution in [1.29, 1.82) is 0 Å². The highest BCUT2D eigenvalue weighted by Crippen LogP contribution is 2.05. The molecule has 3 heteroatoms. The molecule has 1 unspecified atom stereocenters. The SMILES string of the molecule is CC(N)/C=C/c1ccnn1CC(C)C. The zero-order valence-corrected chi connectivity index (χ0v) is 9.14. The molecule has 2 N–H and O–H groups in total. The van der Waals surface area contributed by atoms with Crippen LogP contribution in [0, 0.1) is 5.92 Å². The molecule has 0 bridgehead atoms. The predicted octanol–water partition coefficient (Wildman–Crippen LogP) is 1.90. The first-order chi connectivity index (χ1) is 6.59. The summed E-state index contributed by atoms with van der Waals surface area (Å²) in [6.45, 7) is 7.27. The molecular formula is C11H19N3. The summed E-state index contributed by atoms with van der Waals surface area (Å²) in [7, 11) is 0.